The zero-order chi connectivity index (χ0) is 13.1. The van der Waals surface area contributed by atoms with E-state index in [2.05, 4.69) is 25.7 Å². The summed E-state index contributed by atoms with van der Waals surface area (Å²) in [6, 6.07) is 0. The Kier molecular flexibility index (Phi) is 3.58. The Labute approximate surface area is 113 Å². The lowest BCUT2D eigenvalue weighted by Crippen LogP contribution is -2.13. The topological polar surface area (TPSA) is 43.6 Å². The molecule has 0 N–H and O–H groups in total. The highest BCUT2D eigenvalue weighted by molar-refractivity contribution is 5.07. The molecule has 1 fully saturated rings. The maximum absolute atomic E-state index is 4.57. The minimum Gasteiger partial charge on any atom is -0.329 e. The van der Waals surface area contributed by atoms with Crippen LogP contribution in [0.3, 0.4) is 0 Å². The van der Waals surface area contributed by atoms with Crippen molar-refractivity contribution >= 4 is 0 Å². The molecule has 4 heteroatoms. The lowest BCUT2D eigenvalue weighted by atomic mass is 9.88. The monoisotopic (exact) mass is 256 g/mol. The predicted molar refractivity (Wildman–Crippen MR) is 73.9 cm³/mol. The van der Waals surface area contributed by atoms with Gasteiger partial charge in [-0.05, 0) is 19.8 Å². The van der Waals surface area contributed by atoms with E-state index < -0.39 is 0 Å². The molecule has 1 saturated carbocycles. The van der Waals surface area contributed by atoms with Gasteiger partial charge in [0.25, 0.3) is 0 Å². The molecule has 0 radical (unpaired) electrons. The van der Waals surface area contributed by atoms with Crippen LogP contribution in [0.15, 0.2) is 24.8 Å². The Hall–Kier alpha value is -1.71. The Morgan fingerprint density at radius 1 is 1.11 bits per heavy atom. The first kappa shape index (κ1) is 12.3. The van der Waals surface area contributed by atoms with Crippen molar-refractivity contribution in [3.05, 3.63) is 42.0 Å². The molecule has 1 aliphatic carbocycles. The fraction of sp³-hybridized carbons (Fsp3) is 0.533. The molecule has 0 bridgehead atoms. The molecule has 2 heterocycles. The maximum Gasteiger partial charge on any atom is 0.112 e. The third kappa shape index (κ3) is 2.83. The summed E-state index contributed by atoms with van der Waals surface area (Å²) in [7, 11) is 0. The second kappa shape index (κ2) is 5.51. The molecule has 3 rings (SSSR count). The molecular formula is C15H20N4. The van der Waals surface area contributed by atoms with Crippen LogP contribution in [-0.4, -0.2) is 19.5 Å². The van der Waals surface area contributed by atoms with Gasteiger partial charge in [0.1, 0.15) is 5.82 Å². The summed E-state index contributed by atoms with van der Waals surface area (Å²) in [4.78, 5) is 13.3. The van der Waals surface area contributed by atoms with E-state index in [-0.39, 0.29) is 0 Å². The highest BCUT2D eigenvalue weighted by Crippen LogP contribution is 2.31. The van der Waals surface area contributed by atoms with Crippen molar-refractivity contribution in [1.82, 2.24) is 19.5 Å². The van der Waals surface area contributed by atoms with Gasteiger partial charge in [-0.25, -0.2) is 4.98 Å². The van der Waals surface area contributed by atoms with E-state index >= 15 is 0 Å². The van der Waals surface area contributed by atoms with Crippen molar-refractivity contribution in [3.8, 4) is 0 Å². The summed E-state index contributed by atoms with van der Waals surface area (Å²) in [5.74, 6) is 1.85. The largest absolute Gasteiger partial charge is 0.329 e. The normalized spacial score (nSPS) is 16.7. The molecule has 4 nitrogen and oxygen atoms in total. The van der Waals surface area contributed by atoms with Gasteiger partial charge in [-0.15, -0.1) is 0 Å². The lowest BCUT2D eigenvalue weighted by molar-refractivity contribution is 0.418. The van der Waals surface area contributed by atoms with Crippen LogP contribution in [0.1, 0.15) is 55.2 Å². The number of aromatic nitrogens is 4. The number of nitrogens with zero attached hydrogens (tertiary/aromatic N) is 4. The van der Waals surface area contributed by atoms with E-state index in [9.17, 15) is 0 Å². The van der Waals surface area contributed by atoms with Crippen molar-refractivity contribution < 1.29 is 0 Å². The highest BCUT2D eigenvalue weighted by atomic mass is 15.1. The van der Waals surface area contributed by atoms with E-state index in [1.807, 2.05) is 25.5 Å². The van der Waals surface area contributed by atoms with Gasteiger partial charge in [-0.2, -0.15) is 0 Å². The molecule has 0 aromatic carbocycles. The lowest BCUT2D eigenvalue weighted by Gasteiger charge is -2.22. The molecule has 19 heavy (non-hydrogen) atoms. The number of hydrogen-bond donors (Lipinski definition) is 0. The fourth-order valence-electron chi connectivity index (χ4n) is 2.85. The summed E-state index contributed by atoms with van der Waals surface area (Å²) in [6.07, 6.45) is 14.3. The zero-order valence-corrected chi connectivity index (χ0v) is 11.4. The van der Waals surface area contributed by atoms with Crippen LogP contribution < -0.4 is 0 Å². The van der Waals surface area contributed by atoms with Crippen LogP contribution in [0.25, 0.3) is 0 Å². The molecule has 0 amide bonds. The first-order chi connectivity index (χ1) is 9.33. The van der Waals surface area contributed by atoms with Crippen LogP contribution in [0.5, 0.6) is 0 Å². The third-order valence-corrected chi connectivity index (χ3v) is 3.88. The van der Waals surface area contributed by atoms with Crippen molar-refractivity contribution in [2.75, 3.05) is 0 Å². The van der Waals surface area contributed by atoms with Gasteiger partial charge in [0.2, 0.25) is 0 Å². The fourth-order valence-corrected chi connectivity index (χ4v) is 2.85. The SMILES string of the molecule is Cc1cnc(Cn2ccnc2C2CCCCC2)cn1. The van der Waals surface area contributed by atoms with Gasteiger partial charge in [-0.3, -0.25) is 9.97 Å². The summed E-state index contributed by atoms with van der Waals surface area (Å²) in [5.41, 5.74) is 1.96. The van der Waals surface area contributed by atoms with E-state index in [1.165, 1.54) is 37.9 Å². The Balaban J connectivity index is 1.77. The molecule has 0 atom stereocenters. The second-order valence-electron chi connectivity index (χ2n) is 5.40. The Bertz CT molecular complexity index is 523. The summed E-state index contributed by atoms with van der Waals surface area (Å²) in [5, 5.41) is 0. The average Bonchev–Trinajstić information content (AvgIpc) is 2.90. The van der Waals surface area contributed by atoms with E-state index in [0.29, 0.717) is 5.92 Å². The average molecular weight is 256 g/mol. The van der Waals surface area contributed by atoms with Crippen LogP contribution in [-0.2, 0) is 6.54 Å². The third-order valence-electron chi connectivity index (χ3n) is 3.88. The Morgan fingerprint density at radius 3 is 2.68 bits per heavy atom. The molecule has 0 spiro atoms. The Morgan fingerprint density at radius 2 is 1.95 bits per heavy atom. The molecule has 2 aromatic heterocycles. The second-order valence-corrected chi connectivity index (χ2v) is 5.40. The molecule has 2 aromatic rings. The van der Waals surface area contributed by atoms with Gasteiger partial charge >= 0.3 is 0 Å². The van der Waals surface area contributed by atoms with Gasteiger partial charge in [-0.1, -0.05) is 19.3 Å². The van der Waals surface area contributed by atoms with Crippen molar-refractivity contribution in [1.29, 1.82) is 0 Å². The number of aryl methyl sites for hydroxylation is 1. The number of rotatable bonds is 3. The van der Waals surface area contributed by atoms with Crippen LogP contribution in [0, 0.1) is 6.92 Å². The van der Waals surface area contributed by atoms with Crippen LogP contribution in [0.4, 0.5) is 0 Å². The van der Waals surface area contributed by atoms with Gasteiger partial charge < -0.3 is 4.57 Å². The number of imidazole rings is 1. The highest BCUT2D eigenvalue weighted by Gasteiger charge is 2.19. The van der Waals surface area contributed by atoms with Crippen LogP contribution >= 0.6 is 0 Å². The quantitative estimate of drug-likeness (QED) is 0.847. The molecule has 0 aliphatic heterocycles. The van der Waals surface area contributed by atoms with E-state index in [1.54, 1.807) is 0 Å². The molecule has 1 aliphatic rings. The summed E-state index contributed by atoms with van der Waals surface area (Å²) < 4.78 is 2.23. The van der Waals surface area contributed by atoms with E-state index in [0.717, 1.165) is 17.9 Å². The molecule has 0 unspecified atom stereocenters. The zero-order valence-electron chi connectivity index (χ0n) is 11.4. The first-order valence-corrected chi connectivity index (χ1v) is 7.11. The molecular weight excluding hydrogens is 236 g/mol. The van der Waals surface area contributed by atoms with Gasteiger partial charge in [0.05, 0.1) is 24.1 Å². The molecule has 0 saturated heterocycles. The number of hydrogen-bond acceptors (Lipinski definition) is 3. The first-order valence-electron chi connectivity index (χ1n) is 7.11. The van der Waals surface area contributed by atoms with E-state index in [4.69, 9.17) is 0 Å². The van der Waals surface area contributed by atoms with Gasteiger partial charge in [0.15, 0.2) is 0 Å². The minimum absolute atomic E-state index is 0.627. The van der Waals surface area contributed by atoms with Crippen LogP contribution in [0.2, 0.25) is 0 Å². The standard InChI is InChI=1S/C15H20N4/c1-12-9-18-14(10-17-12)11-19-8-7-16-15(19)13-5-3-2-4-6-13/h7-10,13H,2-6,11H2,1H3. The van der Waals surface area contributed by atoms with Crippen molar-refractivity contribution in [3.63, 3.8) is 0 Å². The van der Waals surface area contributed by atoms with Crippen molar-refractivity contribution in [2.45, 2.75) is 51.5 Å². The summed E-state index contributed by atoms with van der Waals surface area (Å²) >= 11 is 0. The van der Waals surface area contributed by atoms with Crippen molar-refractivity contribution in [2.24, 2.45) is 0 Å². The molecule has 100 valence electrons. The summed E-state index contributed by atoms with van der Waals surface area (Å²) in [6.45, 7) is 2.74. The predicted octanol–water partition coefficient (Wildman–Crippen LogP) is 3.08. The smallest absolute Gasteiger partial charge is 0.112 e. The maximum atomic E-state index is 4.57. The van der Waals surface area contributed by atoms with Gasteiger partial charge in [0, 0.05) is 24.5 Å². The minimum atomic E-state index is 0.627.